The highest BCUT2D eigenvalue weighted by Gasteiger charge is 2.06. The van der Waals surface area contributed by atoms with Crippen LogP contribution in [0.2, 0.25) is 0 Å². The van der Waals surface area contributed by atoms with Gasteiger partial charge < -0.3 is 10.1 Å². The molecule has 0 radical (unpaired) electrons. The second kappa shape index (κ2) is 9.11. The van der Waals surface area contributed by atoms with Crippen molar-refractivity contribution in [1.29, 1.82) is 0 Å². The van der Waals surface area contributed by atoms with E-state index in [2.05, 4.69) is 18.5 Å². The molecule has 3 heteroatoms. The first-order valence-corrected chi connectivity index (χ1v) is 6.47. The number of ether oxygens (including phenoxy) is 1. The zero-order valence-electron chi connectivity index (χ0n) is 11.2. The van der Waals surface area contributed by atoms with Crippen molar-refractivity contribution >= 4 is 5.91 Å². The maximum Gasteiger partial charge on any atom is 0.243 e. The Labute approximate surface area is 115 Å². The van der Waals surface area contributed by atoms with E-state index in [4.69, 9.17) is 4.74 Å². The number of unbranched alkanes of at least 4 members (excludes halogenated alkanes) is 1. The van der Waals surface area contributed by atoms with Gasteiger partial charge in [-0.1, -0.05) is 43.0 Å². The highest BCUT2D eigenvalue weighted by atomic mass is 16.5. The van der Waals surface area contributed by atoms with Crippen LogP contribution in [0, 0.1) is 0 Å². The van der Waals surface area contributed by atoms with Crippen molar-refractivity contribution in [3.8, 4) is 0 Å². The molecule has 19 heavy (non-hydrogen) atoms. The van der Waals surface area contributed by atoms with Crippen molar-refractivity contribution in [3.05, 3.63) is 61.2 Å². The summed E-state index contributed by atoms with van der Waals surface area (Å²) in [6, 6.07) is 10.00. The number of hydrogen-bond donors (Lipinski definition) is 1. The Morgan fingerprint density at radius 1 is 1.26 bits per heavy atom. The summed E-state index contributed by atoms with van der Waals surface area (Å²) in [4.78, 5) is 10.9. The second-order valence-corrected chi connectivity index (χ2v) is 4.14. The molecule has 0 saturated heterocycles. The molecular formula is C16H21NO2. The summed E-state index contributed by atoms with van der Waals surface area (Å²) in [6.45, 7) is 8.49. The lowest BCUT2D eigenvalue weighted by molar-refractivity contribution is -0.116. The SMILES string of the molecule is C=CC(=O)NCCCCOC(C=C)c1ccccc1. The molecule has 0 spiro atoms. The Kier molecular flexibility index (Phi) is 7.28. The van der Waals surface area contributed by atoms with Crippen molar-refractivity contribution in [2.45, 2.75) is 18.9 Å². The van der Waals surface area contributed by atoms with Gasteiger partial charge >= 0.3 is 0 Å². The van der Waals surface area contributed by atoms with E-state index in [9.17, 15) is 4.79 Å². The number of carbonyl (C=O) groups is 1. The van der Waals surface area contributed by atoms with Crippen LogP contribution in [0.3, 0.4) is 0 Å². The molecule has 3 nitrogen and oxygen atoms in total. The molecule has 1 unspecified atom stereocenters. The lowest BCUT2D eigenvalue weighted by Crippen LogP contribution is -2.22. The van der Waals surface area contributed by atoms with Gasteiger partial charge in [0, 0.05) is 13.2 Å². The summed E-state index contributed by atoms with van der Waals surface area (Å²) in [7, 11) is 0. The van der Waals surface area contributed by atoms with E-state index < -0.39 is 0 Å². The molecule has 0 aliphatic heterocycles. The third kappa shape index (κ3) is 6.02. The third-order valence-corrected chi connectivity index (χ3v) is 2.70. The van der Waals surface area contributed by atoms with Gasteiger partial charge in [-0.15, -0.1) is 6.58 Å². The summed E-state index contributed by atoms with van der Waals surface area (Å²) in [5, 5.41) is 2.73. The maximum absolute atomic E-state index is 10.9. The monoisotopic (exact) mass is 259 g/mol. The first kappa shape index (κ1) is 15.2. The molecule has 1 rings (SSSR count). The Hall–Kier alpha value is -1.87. The molecule has 0 aliphatic carbocycles. The van der Waals surface area contributed by atoms with Crippen molar-refractivity contribution in [2.24, 2.45) is 0 Å². The molecule has 0 bridgehead atoms. The van der Waals surface area contributed by atoms with Gasteiger partial charge in [0.1, 0.15) is 6.10 Å². The van der Waals surface area contributed by atoms with Crippen LogP contribution in [-0.2, 0) is 9.53 Å². The fourth-order valence-corrected chi connectivity index (χ4v) is 1.66. The summed E-state index contributed by atoms with van der Waals surface area (Å²) < 4.78 is 5.76. The van der Waals surface area contributed by atoms with E-state index in [0.29, 0.717) is 13.2 Å². The Morgan fingerprint density at radius 3 is 2.63 bits per heavy atom. The topological polar surface area (TPSA) is 38.3 Å². The van der Waals surface area contributed by atoms with Crippen LogP contribution in [-0.4, -0.2) is 19.1 Å². The number of hydrogen-bond acceptors (Lipinski definition) is 2. The molecule has 1 atom stereocenters. The van der Waals surface area contributed by atoms with Crippen molar-refractivity contribution in [3.63, 3.8) is 0 Å². The summed E-state index contributed by atoms with van der Waals surface area (Å²) in [5.74, 6) is -0.130. The molecule has 0 aliphatic rings. The van der Waals surface area contributed by atoms with Crippen LogP contribution >= 0.6 is 0 Å². The van der Waals surface area contributed by atoms with Gasteiger partial charge in [-0.25, -0.2) is 0 Å². The number of rotatable bonds is 9. The molecule has 0 heterocycles. The minimum atomic E-state index is -0.130. The Balaban J connectivity index is 2.19. The van der Waals surface area contributed by atoms with Gasteiger partial charge in [0.05, 0.1) is 0 Å². The lowest BCUT2D eigenvalue weighted by atomic mass is 10.1. The van der Waals surface area contributed by atoms with Gasteiger partial charge in [-0.2, -0.15) is 0 Å². The van der Waals surface area contributed by atoms with Crippen molar-refractivity contribution in [1.82, 2.24) is 5.32 Å². The predicted molar refractivity (Wildman–Crippen MR) is 77.8 cm³/mol. The van der Waals surface area contributed by atoms with Crippen LogP contribution in [0.5, 0.6) is 0 Å². The minimum Gasteiger partial charge on any atom is -0.369 e. The van der Waals surface area contributed by atoms with Crippen LogP contribution in [0.25, 0.3) is 0 Å². The normalized spacial score (nSPS) is 11.6. The van der Waals surface area contributed by atoms with Gasteiger partial charge in [0.2, 0.25) is 5.91 Å². The van der Waals surface area contributed by atoms with E-state index in [1.54, 1.807) is 6.08 Å². The highest BCUT2D eigenvalue weighted by Crippen LogP contribution is 2.18. The fraction of sp³-hybridized carbons (Fsp3) is 0.312. The van der Waals surface area contributed by atoms with Gasteiger partial charge in [0.15, 0.2) is 0 Å². The second-order valence-electron chi connectivity index (χ2n) is 4.14. The van der Waals surface area contributed by atoms with Crippen molar-refractivity contribution in [2.75, 3.05) is 13.2 Å². The van der Waals surface area contributed by atoms with E-state index in [1.807, 2.05) is 30.3 Å². The average Bonchev–Trinajstić information content (AvgIpc) is 2.47. The fourth-order valence-electron chi connectivity index (χ4n) is 1.66. The van der Waals surface area contributed by atoms with E-state index >= 15 is 0 Å². The molecule has 0 fully saturated rings. The predicted octanol–water partition coefficient (Wildman–Crippen LogP) is 3.01. The zero-order chi connectivity index (χ0) is 13.9. The summed E-state index contributed by atoms with van der Waals surface area (Å²) in [5.41, 5.74) is 1.11. The van der Waals surface area contributed by atoms with Gasteiger partial charge in [-0.05, 0) is 24.5 Å². The molecular weight excluding hydrogens is 238 g/mol. The Bertz CT molecular complexity index is 400. The molecule has 1 aromatic carbocycles. The maximum atomic E-state index is 10.9. The van der Waals surface area contributed by atoms with Gasteiger partial charge in [0.25, 0.3) is 0 Å². The van der Waals surface area contributed by atoms with Crippen LogP contribution in [0.4, 0.5) is 0 Å². The van der Waals surface area contributed by atoms with Crippen LogP contribution < -0.4 is 5.32 Å². The van der Waals surface area contributed by atoms with Crippen LogP contribution in [0.1, 0.15) is 24.5 Å². The molecule has 1 aromatic rings. The lowest BCUT2D eigenvalue weighted by Gasteiger charge is -2.14. The largest absolute Gasteiger partial charge is 0.369 e. The molecule has 1 amide bonds. The highest BCUT2D eigenvalue weighted by molar-refractivity contribution is 5.86. The first-order chi connectivity index (χ1) is 9.27. The van der Waals surface area contributed by atoms with E-state index in [-0.39, 0.29) is 12.0 Å². The number of nitrogens with one attached hydrogen (secondary N) is 1. The number of carbonyl (C=O) groups excluding carboxylic acids is 1. The molecule has 1 N–H and O–H groups in total. The standard InChI is InChI=1S/C16H21NO2/c1-3-15(14-10-6-5-7-11-14)19-13-9-8-12-17-16(18)4-2/h3-7,10-11,15H,1-2,8-9,12-13H2,(H,17,18). The van der Waals surface area contributed by atoms with Crippen molar-refractivity contribution < 1.29 is 9.53 Å². The van der Waals surface area contributed by atoms with Gasteiger partial charge in [-0.3, -0.25) is 4.79 Å². The van der Waals surface area contributed by atoms with Crippen LogP contribution in [0.15, 0.2) is 55.6 Å². The molecule has 0 aromatic heterocycles. The smallest absolute Gasteiger partial charge is 0.243 e. The number of benzene rings is 1. The zero-order valence-corrected chi connectivity index (χ0v) is 11.2. The summed E-state index contributed by atoms with van der Waals surface area (Å²) in [6.07, 6.45) is 4.80. The number of amides is 1. The average molecular weight is 259 g/mol. The van der Waals surface area contributed by atoms with E-state index in [1.165, 1.54) is 6.08 Å². The molecule has 102 valence electrons. The summed E-state index contributed by atoms with van der Waals surface area (Å²) >= 11 is 0. The quantitative estimate of drug-likeness (QED) is 0.420. The molecule has 0 saturated carbocycles. The van der Waals surface area contributed by atoms with E-state index in [0.717, 1.165) is 18.4 Å². The Morgan fingerprint density at radius 2 is 2.00 bits per heavy atom. The third-order valence-electron chi connectivity index (χ3n) is 2.70. The minimum absolute atomic E-state index is 0.0658. The first-order valence-electron chi connectivity index (χ1n) is 6.47.